The highest BCUT2D eigenvalue weighted by atomic mass is 16.2. The summed E-state index contributed by atoms with van der Waals surface area (Å²) in [4.78, 5) is 22.3. The van der Waals surface area contributed by atoms with Gasteiger partial charge in [0, 0.05) is 19.1 Å². The average Bonchev–Trinajstić information content (AvgIpc) is 2.27. The highest BCUT2D eigenvalue weighted by Gasteiger charge is 2.16. The van der Waals surface area contributed by atoms with Gasteiger partial charge in [-0.15, -0.1) is 0 Å². The van der Waals surface area contributed by atoms with Gasteiger partial charge in [-0.05, 0) is 26.3 Å². The van der Waals surface area contributed by atoms with Crippen LogP contribution in [0, 0.1) is 0 Å². The number of carbonyl (C=O) groups is 2. The maximum absolute atomic E-state index is 11.2. The van der Waals surface area contributed by atoms with E-state index in [1.807, 2.05) is 0 Å². The number of hydrogen-bond donors (Lipinski definition) is 3. The Balaban J connectivity index is 2.17. The molecule has 1 unspecified atom stereocenters. The molecule has 1 heterocycles. The van der Waals surface area contributed by atoms with Crippen LogP contribution in [0.5, 0.6) is 0 Å². The molecule has 5 nitrogen and oxygen atoms in total. The van der Waals surface area contributed by atoms with Crippen molar-refractivity contribution in [2.24, 2.45) is 0 Å². The van der Waals surface area contributed by atoms with Crippen molar-refractivity contribution in [2.45, 2.75) is 32.2 Å². The van der Waals surface area contributed by atoms with Crippen LogP contribution >= 0.6 is 0 Å². The molecule has 0 aromatic rings. The summed E-state index contributed by atoms with van der Waals surface area (Å²) in [7, 11) is 0. The molecule has 0 radical (unpaired) electrons. The van der Waals surface area contributed by atoms with Crippen molar-refractivity contribution in [1.29, 1.82) is 0 Å². The van der Waals surface area contributed by atoms with E-state index in [-0.39, 0.29) is 0 Å². The standard InChI is InChI=1S/C10H19N3O2/c1-2-11-9(14)10(15)13-7-8-5-3-4-6-12-8/h8,12H,2-7H2,1H3,(H,11,14)(H,13,15). The second-order valence-corrected chi connectivity index (χ2v) is 3.72. The molecule has 1 saturated heterocycles. The van der Waals surface area contributed by atoms with Gasteiger partial charge < -0.3 is 16.0 Å². The van der Waals surface area contributed by atoms with Crippen LogP contribution in [0.3, 0.4) is 0 Å². The Labute approximate surface area is 90.0 Å². The lowest BCUT2D eigenvalue weighted by molar-refractivity contribution is -0.139. The molecular formula is C10H19N3O2. The van der Waals surface area contributed by atoms with Crippen LogP contribution in [0.4, 0.5) is 0 Å². The molecule has 1 aliphatic rings. The highest BCUT2D eigenvalue weighted by molar-refractivity contribution is 6.35. The minimum absolute atomic E-state index is 0.317. The zero-order valence-corrected chi connectivity index (χ0v) is 9.14. The topological polar surface area (TPSA) is 70.2 Å². The van der Waals surface area contributed by atoms with Gasteiger partial charge >= 0.3 is 11.8 Å². The van der Waals surface area contributed by atoms with E-state index in [0.29, 0.717) is 19.1 Å². The minimum atomic E-state index is -0.548. The van der Waals surface area contributed by atoms with Gasteiger partial charge in [0.25, 0.3) is 0 Å². The largest absolute Gasteiger partial charge is 0.348 e. The van der Waals surface area contributed by atoms with Gasteiger partial charge in [-0.1, -0.05) is 6.42 Å². The van der Waals surface area contributed by atoms with Crippen LogP contribution in [-0.4, -0.2) is 37.5 Å². The van der Waals surface area contributed by atoms with Gasteiger partial charge in [-0.2, -0.15) is 0 Å². The number of piperidine rings is 1. The molecule has 1 rings (SSSR count). The summed E-state index contributed by atoms with van der Waals surface area (Å²) in [5, 5.41) is 8.38. The first-order valence-electron chi connectivity index (χ1n) is 5.53. The Kier molecular flexibility index (Phi) is 5.10. The molecule has 86 valence electrons. The highest BCUT2D eigenvalue weighted by Crippen LogP contribution is 2.05. The molecule has 1 fully saturated rings. The number of rotatable bonds is 3. The van der Waals surface area contributed by atoms with Gasteiger partial charge in [-0.3, -0.25) is 9.59 Å². The number of carbonyl (C=O) groups excluding carboxylic acids is 2. The zero-order valence-electron chi connectivity index (χ0n) is 9.14. The summed E-state index contributed by atoms with van der Waals surface area (Å²) >= 11 is 0. The van der Waals surface area contributed by atoms with E-state index in [1.165, 1.54) is 12.8 Å². The SMILES string of the molecule is CCNC(=O)C(=O)NCC1CCCCN1. The maximum Gasteiger partial charge on any atom is 0.309 e. The van der Waals surface area contributed by atoms with Gasteiger partial charge in [0.1, 0.15) is 0 Å². The molecule has 0 aromatic carbocycles. The van der Waals surface area contributed by atoms with Crippen molar-refractivity contribution in [3.8, 4) is 0 Å². The quantitative estimate of drug-likeness (QED) is 0.547. The van der Waals surface area contributed by atoms with Crippen molar-refractivity contribution >= 4 is 11.8 Å². The van der Waals surface area contributed by atoms with Gasteiger partial charge in [-0.25, -0.2) is 0 Å². The number of nitrogens with one attached hydrogen (secondary N) is 3. The fraction of sp³-hybridized carbons (Fsp3) is 0.800. The summed E-state index contributed by atoms with van der Waals surface area (Å²) in [5.74, 6) is -1.09. The third-order valence-electron chi connectivity index (χ3n) is 2.46. The second-order valence-electron chi connectivity index (χ2n) is 3.72. The van der Waals surface area contributed by atoms with Crippen LogP contribution < -0.4 is 16.0 Å². The lowest BCUT2D eigenvalue weighted by Crippen LogP contribution is -2.47. The first-order chi connectivity index (χ1) is 7.24. The summed E-state index contributed by atoms with van der Waals surface area (Å²) in [5.41, 5.74) is 0. The van der Waals surface area contributed by atoms with E-state index in [2.05, 4.69) is 16.0 Å². The Bertz CT molecular complexity index is 225. The van der Waals surface area contributed by atoms with E-state index < -0.39 is 11.8 Å². The molecular weight excluding hydrogens is 194 g/mol. The Morgan fingerprint density at radius 2 is 2.00 bits per heavy atom. The molecule has 2 amide bonds. The fourth-order valence-electron chi connectivity index (χ4n) is 1.64. The van der Waals surface area contributed by atoms with E-state index >= 15 is 0 Å². The molecule has 0 bridgehead atoms. The van der Waals surface area contributed by atoms with Crippen molar-refractivity contribution in [2.75, 3.05) is 19.6 Å². The molecule has 0 spiro atoms. The smallest absolute Gasteiger partial charge is 0.309 e. The summed E-state index contributed by atoms with van der Waals surface area (Å²) < 4.78 is 0. The molecule has 1 aliphatic heterocycles. The molecule has 0 aromatic heterocycles. The van der Waals surface area contributed by atoms with E-state index in [0.717, 1.165) is 13.0 Å². The summed E-state index contributed by atoms with van der Waals surface area (Å²) in [6, 6.07) is 0.317. The predicted octanol–water partition coefficient (Wildman–Crippen LogP) is -0.619. The Morgan fingerprint density at radius 3 is 2.60 bits per heavy atom. The van der Waals surface area contributed by atoms with E-state index in [9.17, 15) is 9.59 Å². The zero-order chi connectivity index (χ0) is 11.1. The van der Waals surface area contributed by atoms with Crippen molar-refractivity contribution in [3.05, 3.63) is 0 Å². The van der Waals surface area contributed by atoms with Crippen molar-refractivity contribution in [3.63, 3.8) is 0 Å². The van der Waals surface area contributed by atoms with Crippen molar-refractivity contribution in [1.82, 2.24) is 16.0 Å². The number of hydrogen-bond acceptors (Lipinski definition) is 3. The van der Waals surface area contributed by atoms with Crippen LogP contribution in [-0.2, 0) is 9.59 Å². The first-order valence-corrected chi connectivity index (χ1v) is 5.53. The lowest BCUT2D eigenvalue weighted by atomic mass is 10.1. The summed E-state index contributed by atoms with van der Waals surface area (Å²) in [6.45, 7) is 3.81. The normalized spacial score (nSPS) is 20.7. The monoisotopic (exact) mass is 213 g/mol. The fourth-order valence-corrected chi connectivity index (χ4v) is 1.64. The van der Waals surface area contributed by atoms with Gasteiger partial charge in [0.15, 0.2) is 0 Å². The van der Waals surface area contributed by atoms with E-state index in [4.69, 9.17) is 0 Å². The van der Waals surface area contributed by atoms with E-state index in [1.54, 1.807) is 6.92 Å². The molecule has 3 N–H and O–H groups in total. The predicted molar refractivity (Wildman–Crippen MR) is 57.3 cm³/mol. The Morgan fingerprint density at radius 1 is 1.27 bits per heavy atom. The average molecular weight is 213 g/mol. The first kappa shape index (κ1) is 12.0. The minimum Gasteiger partial charge on any atom is -0.348 e. The van der Waals surface area contributed by atoms with Crippen LogP contribution in [0.25, 0.3) is 0 Å². The van der Waals surface area contributed by atoms with Crippen molar-refractivity contribution < 1.29 is 9.59 Å². The van der Waals surface area contributed by atoms with Gasteiger partial charge in [0.2, 0.25) is 0 Å². The molecule has 15 heavy (non-hydrogen) atoms. The van der Waals surface area contributed by atoms with Gasteiger partial charge in [0.05, 0.1) is 0 Å². The van der Waals surface area contributed by atoms with Crippen LogP contribution in [0.2, 0.25) is 0 Å². The number of amides is 2. The van der Waals surface area contributed by atoms with Crippen LogP contribution in [0.1, 0.15) is 26.2 Å². The third-order valence-corrected chi connectivity index (χ3v) is 2.46. The lowest BCUT2D eigenvalue weighted by Gasteiger charge is -2.23. The Hall–Kier alpha value is -1.10. The molecule has 5 heteroatoms. The molecule has 1 atom stereocenters. The van der Waals surface area contributed by atoms with Crippen LogP contribution in [0.15, 0.2) is 0 Å². The third kappa shape index (κ3) is 4.29. The summed E-state index contributed by atoms with van der Waals surface area (Å²) in [6.07, 6.45) is 3.45. The maximum atomic E-state index is 11.2. The molecule has 0 aliphatic carbocycles. The second kappa shape index (κ2) is 6.40. The molecule has 0 saturated carbocycles. The number of likely N-dealkylation sites (N-methyl/N-ethyl adjacent to an activating group) is 1.